The fraction of sp³-hybridized carbons (Fsp3) is 0.364. The second-order valence-electron chi connectivity index (χ2n) is 7.37. The number of sulfone groups is 1. The molecule has 0 spiro atoms. The van der Waals surface area contributed by atoms with Crippen LogP contribution in [0.5, 0.6) is 5.75 Å². The third kappa shape index (κ3) is 5.41. The molecule has 0 atom stereocenters. The lowest BCUT2D eigenvalue weighted by Crippen LogP contribution is -2.33. The molecular weight excluding hydrogens is 434 g/mol. The number of amides is 1. The van der Waals surface area contributed by atoms with Crippen LogP contribution < -0.4 is 9.64 Å². The number of ether oxygens (including phenoxy) is 1. The zero-order valence-corrected chi connectivity index (χ0v) is 19.8. The van der Waals surface area contributed by atoms with Crippen molar-refractivity contribution in [1.82, 2.24) is 9.88 Å². The van der Waals surface area contributed by atoms with E-state index in [1.54, 1.807) is 31.1 Å². The third-order valence-corrected chi connectivity index (χ3v) is 7.64. The number of hydrogen-bond donors (Lipinski definition) is 0. The Hall–Kier alpha value is -2.49. The van der Waals surface area contributed by atoms with Crippen molar-refractivity contribution in [2.24, 2.45) is 0 Å². The van der Waals surface area contributed by atoms with Crippen molar-refractivity contribution >= 4 is 42.4 Å². The molecule has 1 heterocycles. The topological polar surface area (TPSA) is 79.8 Å². The first kappa shape index (κ1) is 23.2. The van der Waals surface area contributed by atoms with Gasteiger partial charge in [0.2, 0.25) is 0 Å². The van der Waals surface area contributed by atoms with Crippen LogP contribution in [0.25, 0.3) is 10.2 Å². The van der Waals surface area contributed by atoms with Crippen molar-refractivity contribution < 1.29 is 17.9 Å². The molecule has 0 aliphatic carbocycles. The molecule has 0 saturated carbocycles. The van der Waals surface area contributed by atoms with Gasteiger partial charge in [0, 0.05) is 12.1 Å². The molecule has 1 aromatic heterocycles. The molecule has 0 unspecified atom stereocenters. The molecule has 7 nitrogen and oxygen atoms in total. The van der Waals surface area contributed by atoms with Crippen LogP contribution in [-0.2, 0) is 9.84 Å². The first-order valence-corrected chi connectivity index (χ1v) is 12.5. The van der Waals surface area contributed by atoms with Crippen molar-refractivity contribution in [3.05, 3.63) is 48.0 Å². The van der Waals surface area contributed by atoms with E-state index in [2.05, 4.69) is 9.88 Å². The van der Waals surface area contributed by atoms with Crippen LogP contribution >= 0.6 is 11.3 Å². The number of carbonyl (C=O) groups is 1. The molecular formula is C22H27N3O4S2. The normalized spacial score (nSPS) is 11.8. The molecule has 3 aromatic rings. The Morgan fingerprint density at radius 2 is 1.90 bits per heavy atom. The van der Waals surface area contributed by atoms with Crippen LogP contribution in [0, 0.1) is 0 Å². The molecule has 0 saturated heterocycles. The zero-order chi connectivity index (χ0) is 22.6. The van der Waals surface area contributed by atoms with Gasteiger partial charge in [-0.3, -0.25) is 9.69 Å². The van der Waals surface area contributed by atoms with Gasteiger partial charge in [0.15, 0.2) is 15.0 Å². The first-order valence-electron chi connectivity index (χ1n) is 9.99. The van der Waals surface area contributed by atoms with Crippen LogP contribution in [0.15, 0.2) is 47.4 Å². The van der Waals surface area contributed by atoms with E-state index in [0.717, 1.165) is 28.9 Å². The van der Waals surface area contributed by atoms with E-state index in [-0.39, 0.29) is 16.6 Å². The van der Waals surface area contributed by atoms with Crippen LogP contribution in [0.2, 0.25) is 0 Å². The van der Waals surface area contributed by atoms with E-state index in [1.165, 1.54) is 23.5 Å². The number of anilines is 1. The minimum absolute atomic E-state index is 0.0170. The largest absolute Gasteiger partial charge is 0.497 e. The van der Waals surface area contributed by atoms with Gasteiger partial charge in [-0.1, -0.05) is 24.3 Å². The predicted molar refractivity (Wildman–Crippen MR) is 125 cm³/mol. The predicted octanol–water partition coefficient (Wildman–Crippen LogP) is 3.70. The number of hydrogen-bond acceptors (Lipinski definition) is 7. The summed E-state index contributed by atoms with van der Waals surface area (Å²) in [6.07, 6.45) is 0.755. The average Bonchev–Trinajstić information content (AvgIpc) is 3.19. The minimum atomic E-state index is -3.41. The van der Waals surface area contributed by atoms with Crippen molar-refractivity contribution in [3.63, 3.8) is 0 Å². The maximum absolute atomic E-state index is 13.4. The molecule has 3 rings (SSSR count). The quantitative estimate of drug-likeness (QED) is 0.483. The second-order valence-corrected chi connectivity index (χ2v) is 10.7. The lowest BCUT2D eigenvalue weighted by Gasteiger charge is -2.21. The number of rotatable bonds is 9. The van der Waals surface area contributed by atoms with Crippen molar-refractivity contribution in [3.8, 4) is 5.75 Å². The second kappa shape index (κ2) is 9.76. The fourth-order valence-corrected chi connectivity index (χ4v) is 5.05. The summed E-state index contributed by atoms with van der Waals surface area (Å²) < 4.78 is 30.8. The van der Waals surface area contributed by atoms with E-state index < -0.39 is 9.84 Å². The van der Waals surface area contributed by atoms with Gasteiger partial charge in [0.1, 0.15) is 5.75 Å². The number of thiazole rings is 1. The number of carbonyl (C=O) groups excluding carboxylic acids is 1. The van der Waals surface area contributed by atoms with Gasteiger partial charge in [0.05, 0.1) is 28.0 Å². The molecule has 0 radical (unpaired) electrons. The van der Waals surface area contributed by atoms with E-state index in [0.29, 0.717) is 17.2 Å². The van der Waals surface area contributed by atoms with Crippen LogP contribution in [0.4, 0.5) is 5.13 Å². The maximum atomic E-state index is 13.4. The number of fused-ring (bicyclic) bond motifs is 1. The molecule has 0 N–H and O–H groups in total. The molecule has 0 aliphatic rings. The molecule has 0 aliphatic heterocycles. The highest BCUT2D eigenvalue weighted by atomic mass is 32.2. The summed E-state index contributed by atoms with van der Waals surface area (Å²) in [6.45, 7) is 2.87. The lowest BCUT2D eigenvalue weighted by atomic mass is 10.2. The van der Waals surface area contributed by atoms with E-state index in [4.69, 9.17) is 4.74 Å². The Labute approximate surface area is 187 Å². The van der Waals surface area contributed by atoms with Gasteiger partial charge in [0.25, 0.3) is 5.91 Å². The summed E-state index contributed by atoms with van der Waals surface area (Å²) in [7, 11) is 2.17. The summed E-state index contributed by atoms with van der Waals surface area (Å²) in [5, 5.41) is 0.579. The highest BCUT2D eigenvalue weighted by Gasteiger charge is 2.23. The Morgan fingerprint density at radius 1 is 1.13 bits per heavy atom. The van der Waals surface area contributed by atoms with Crippen LogP contribution in [0.3, 0.4) is 0 Å². The van der Waals surface area contributed by atoms with Gasteiger partial charge < -0.3 is 9.64 Å². The lowest BCUT2D eigenvalue weighted by molar-refractivity contribution is 0.0986. The third-order valence-electron chi connectivity index (χ3n) is 4.87. The number of nitrogens with zero attached hydrogens (tertiary/aromatic N) is 3. The number of methoxy groups -OCH3 is 1. The smallest absolute Gasteiger partial charge is 0.260 e. The van der Waals surface area contributed by atoms with Crippen LogP contribution in [-0.4, -0.2) is 64.3 Å². The fourth-order valence-electron chi connectivity index (χ4n) is 3.11. The summed E-state index contributed by atoms with van der Waals surface area (Å²) >= 11 is 1.41. The summed E-state index contributed by atoms with van der Waals surface area (Å²) in [5.41, 5.74) is 1.12. The summed E-state index contributed by atoms with van der Waals surface area (Å²) in [4.78, 5) is 22.0. The molecule has 31 heavy (non-hydrogen) atoms. The number of benzene rings is 2. The SMILES string of the molecule is CCS(=O)(=O)c1cccc(C(=O)N(CCCN(C)C)c2nc3ccc(OC)cc3s2)c1. The minimum Gasteiger partial charge on any atom is -0.497 e. The van der Waals surface area contributed by atoms with E-state index in [9.17, 15) is 13.2 Å². The van der Waals surface area contributed by atoms with Crippen molar-refractivity contribution in [2.75, 3.05) is 44.9 Å². The van der Waals surface area contributed by atoms with Crippen LogP contribution in [0.1, 0.15) is 23.7 Å². The number of aromatic nitrogens is 1. The zero-order valence-electron chi connectivity index (χ0n) is 18.2. The van der Waals surface area contributed by atoms with Gasteiger partial charge in [-0.25, -0.2) is 13.4 Å². The Balaban J connectivity index is 1.99. The molecule has 1 amide bonds. The first-order chi connectivity index (χ1) is 14.7. The summed E-state index contributed by atoms with van der Waals surface area (Å²) in [6, 6.07) is 11.8. The Bertz CT molecular complexity index is 1170. The Kier molecular flexibility index (Phi) is 7.30. The highest BCUT2D eigenvalue weighted by Crippen LogP contribution is 2.32. The standard InChI is InChI=1S/C22H27N3O4S2/c1-5-31(27,28)18-9-6-8-16(14-18)21(26)25(13-7-12-24(2)3)22-23-19-11-10-17(29-4)15-20(19)30-22/h6,8-11,14-15H,5,7,12-13H2,1-4H3. The van der Waals surface area contributed by atoms with Gasteiger partial charge >= 0.3 is 0 Å². The molecule has 9 heteroatoms. The van der Waals surface area contributed by atoms with Gasteiger partial charge in [-0.15, -0.1) is 0 Å². The monoisotopic (exact) mass is 461 g/mol. The molecule has 0 bridgehead atoms. The van der Waals surface area contributed by atoms with E-state index >= 15 is 0 Å². The highest BCUT2D eigenvalue weighted by molar-refractivity contribution is 7.91. The summed E-state index contributed by atoms with van der Waals surface area (Å²) in [5.74, 6) is 0.445. The maximum Gasteiger partial charge on any atom is 0.260 e. The van der Waals surface area contributed by atoms with Crippen molar-refractivity contribution in [2.45, 2.75) is 18.2 Å². The van der Waals surface area contributed by atoms with Gasteiger partial charge in [-0.2, -0.15) is 0 Å². The molecule has 166 valence electrons. The average molecular weight is 462 g/mol. The van der Waals surface area contributed by atoms with Crippen molar-refractivity contribution in [1.29, 1.82) is 0 Å². The molecule has 2 aromatic carbocycles. The molecule has 0 fully saturated rings. The van der Waals surface area contributed by atoms with Gasteiger partial charge in [-0.05, 0) is 63.5 Å². The Morgan fingerprint density at radius 3 is 2.58 bits per heavy atom. The van der Waals surface area contributed by atoms with E-state index in [1.807, 2.05) is 32.3 Å².